The van der Waals surface area contributed by atoms with Crippen molar-refractivity contribution in [3.05, 3.63) is 54.1 Å². The van der Waals surface area contributed by atoms with Crippen LogP contribution in [0.15, 0.2) is 48.5 Å². The minimum absolute atomic E-state index is 0.650. The summed E-state index contributed by atoms with van der Waals surface area (Å²) in [4.78, 5) is 9.53. The van der Waals surface area contributed by atoms with Gasteiger partial charge in [0.2, 0.25) is 0 Å². The highest BCUT2D eigenvalue weighted by Crippen LogP contribution is 2.34. The monoisotopic (exact) mass is 415 g/mol. The van der Waals surface area contributed by atoms with Crippen LogP contribution in [0.2, 0.25) is 0 Å². The van der Waals surface area contributed by atoms with Crippen molar-refractivity contribution in [1.82, 2.24) is 9.88 Å². The quantitative estimate of drug-likeness (QED) is 0.595. The van der Waals surface area contributed by atoms with Gasteiger partial charge in [0.1, 0.15) is 11.6 Å². The first-order valence-corrected chi connectivity index (χ1v) is 10.0. The summed E-state index contributed by atoms with van der Waals surface area (Å²) in [5.74, 6) is 1.59. The number of likely N-dealkylation sites (N-methyl/N-ethyl adjacent to an activating group) is 1. The molecule has 0 spiro atoms. The Labute approximate surface area is 173 Å². The maximum Gasteiger partial charge on any atom is 0.416 e. The van der Waals surface area contributed by atoms with E-state index < -0.39 is 11.7 Å². The summed E-state index contributed by atoms with van der Waals surface area (Å²) in [7, 11) is 1.62. The third kappa shape index (κ3) is 4.07. The van der Waals surface area contributed by atoms with Crippen LogP contribution in [0, 0.1) is 0 Å². The molecule has 30 heavy (non-hydrogen) atoms. The first-order chi connectivity index (χ1) is 14.4. The summed E-state index contributed by atoms with van der Waals surface area (Å²) in [5.41, 5.74) is 0.642. The Balaban J connectivity index is 1.78. The molecule has 0 aliphatic carbocycles. The lowest BCUT2D eigenvalue weighted by atomic mass is 10.0. The molecule has 0 bridgehead atoms. The van der Waals surface area contributed by atoms with E-state index in [-0.39, 0.29) is 0 Å². The number of rotatable bonds is 4. The van der Waals surface area contributed by atoms with E-state index in [1.54, 1.807) is 7.11 Å². The molecule has 1 fully saturated rings. The highest BCUT2D eigenvalue weighted by atomic mass is 19.4. The van der Waals surface area contributed by atoms with Crippen LogP contribution in [0.1, 0.15) is 12.5 Å². The lowest BCUT2D eigenvalue weighted by molar-refractivity contribution is -0.137. The van der Waals surface area contributed by atoms with Gasteiger partial charge in [0.25, 0.3) is 0 Å². The van der Waals surface area contributed by atoms with Crippen molar-refractivity contribution in [1.29, 1.82) is 0 Å². The number of halogens is 3. The molecule has 1 saturated heterocycles. The van der Waals surface area contributed by atoms with Crippen molar-refractivity contribution in [2.75, 3.05) is 44.7 Å². The van der Waals surface area contributed by atoms with E-state index in [1.165, 1.54) is 12.1 Å². The van der Waals surface area contributed by atoms with Gasteiger partial charge in [-0.3, -0.25) is 0 Å². The van der Waals surface area contributed by atoms with Gasteiger partial charge < -0.3 is 14.5 Å². The van der Waals surface area contributed by atoms with E-state index in [0.29, 0.717) is 11.3 Å². The third-order valence-electron chi connectivity index (χ3n) is 5.65. The molecule has 2 heterocycles. The van der Waals surface area contributed by atoms with Crippen LogP contribution < -0.4 is 9.64 Å². The summed E-state index contributed by atoms with van der Waals surface area (Å²) >= 11 is 0. The van der Waals surface area contributed by atoms with Crippen molar-refractivity contribution in [2.45, 2.75) is 13.1 Å². The number of benzene rings is 2. The van der Waals surface area contributed by atoms with Gasteiger partial charge in [-0.1, -0.05) is 19.1 Å². The predicted octanol–water partition coefficient (Wildman–Crippen LogP) is 5.07. The molecule has 2 aromatic carbocycles. The van der Waals surface area contributed by atoms with Crippen LogP contribution in [0.3, 0.4) is 0 Å². The fraction of sp³-hybridized carbons (Fsp3) is 0.348. The van der Waals surface area contributed by atoms with Crippen molar-refractivity contribution in [3.63, 3.8) is 0 Å². The van der Waals surface area contributed by atoms with Crippen LogP contribution in [0.4, 0.5) is 19.0 Å². The number of methoxy groups -OCH3 is 1. The normalized spacial score (nSPS) is 15.6. The van der Waals surface area contributed by atoms with Gasteiger partial charge in [-0.15, -0.1) is 0 Å². The molecule has 1 aromatic heterocycles. The number of alkyl halides is 3. The van der Waals surface area contributed by atoms with Crippen molar-refractivity contribution in [2.24, 2.45) is 0 Å². The molecule has 0 radical (unpaired) electrons. The summed E-state index contributed by atoms with van der Waals surface area (Å²) < 4.78 is 44.2. The highest BCUT2D eigenvalue weighted by Gasteiger charge is 2.30. The Hall–Kier alpha value is -2.80. The standard InChI is InChI=1S/C23H24F3N3O/c1-3-28-10-12-29(13-11-28)22-20-9-8-19(30-2)14-17(20)15-21(27-22)16-4-6-18(7-5-16)23(24,25)26/h4-9,14-15H,3,10-13H2,1-2H3. The largest absolute Gasteiger partial charge is 0.497 e. The zero-order chi connectivity index (χ0) is 21.3. The predicted molar refractivity (Wildman–Crippen MR) is 113 cm³/mol. The topological polar surface area (TPSA) is 28.6 Å². The molecule has 0 amide bonds. The summed E-state index contributed by atoms with van der Waals surface area (Å²) in [6.07, 6.45) is -4.35. The number of anilines is 1. The lowest BCUT2D eigenvalue weighted by Crippen LogP contribution is -2.46. The van der Waals surface area contributed by atoms with E-state index in [4.69, 9.17) is 9.72 Å². The first-order valence-electron chi connectivity index (χ1n) is 10.0. The molecule has 158 valence electrons. The summed E-state index contributed by atoms with van der Waals surface area (Å²) in [5, 5.41) is 1.96. The number of hydrogen-bond acceptors (Lipinski definition) is 4. The molecule has 0 saturated carbocycles. The van der Waals surface area contributed by atoms with Gasteiger partial charge in [0.05, 0.1) is 18.4 Å². The second kappa shape index (κ2) is 8.14. The zero-order valence-electron chi connectivity index (χ0n) is 17.0. The molecular weight excluding hydrogens is 391 g/mol. The average molecular weight is 415 g/mol. The number of fused-ring (bicyclic) bond motifs is 1. The Morgan fingerprint density at radius 1 is 0.967 bits per heavy atom. The number of ether oxygens (including phenoxy) is 1. The first kappa shape index (κ1) is 20.5. The molecule has 3 aromatic rings. The SMILES string of the molecule is CCN1CCN(c2nc(-c3ccc(C(F)(F)F)cc3)cc3cc(OC)ccc23)CC1. The average Bonchev–Trinajstić information content (AvgIpc) is 2.77. The third-order valence-corrected chi connectivity index (χ3v) is 5.65. The Bertz CT molecular complexity index is 1030. The molecule has 1 aliphatic heterocycles. The second-order valence-corrected chi connectivity index (χ2v) is 7.41. The Morgan fingerprint density at radius 2 is 1.67 bits per heavy atom. The van der Waals surface area contributed by atoms with Gasteiger partial charge in [-0.2, -0.15) is 13.2 Å². The van der Waals surface area contributed by atoms with E-state index >= 15 is 0 Å². The maximum absolute atomic E-state index is 12.9. The van der Waals surface area contributed by atoms with Crippen molar-refractivity contribution in [3.8, 4) is 17.0 Å². The highest BCUT2D eigenvalue weighted by molar-refractivity contribution is 5.96. The summed E-state index contributed by atoms with van der Waals surface area (Å²) in [6.45, 7) is 6.81. The van der Waals surface area contributed by atoms with Crippen LogP contribution in [0.25, 0.3) is 22.0 Å². The second-order valence-electron chi connectivity index (χ2n) is 7.41. The maximum atomic E-state index is 12.9. The molecule has 1 aliphatic rings. The van der Waals surface area contributed by atoms with E-state index in [9.17, 15) is 13.2 Å². The van der Waals surface area contributed by atoms with Crippen LogP contribution in [-0.2, 0) is 6.18 Å². The van der Waals surface area contributed by atoms with Gasteiger partial charge in [-0.25, -0.2) is 4.98 Å². The number of hydrogen-bond donors (Lipinski definition) is 0. The number of aromatic nitrogens is 1. The van der Waals surface area contributed by atoms with E-state index in [2.05, 4.69) is 16.7 Å². The van der Waals surface area contributed by atoms with E-state index in [0.717, 1.165) is 67.2 Å². The fourth-order valence-corrected chi connectivity index (χ4v) is 3.84. The molecule has 7 heteroatoms. The van der Waals surface area contributed by atoms with Gasteiger partial charge in [0.15, 0.2) is 0 Å². The van der Waals surface area contributed by atoms with Crippen molar-refractivity contribution < 1.29 is 17.9 Å². The molecule has 4 rings (SSSR count). The fourth-order valence-electron chi connectivity index (χ4n) is 3.84. The summed E-state index contributed by atoms with van der Waals surface area (Å²) in [6, 6.07) is 12.9. The number of nitrogens with zero attached hydrogens (tertiary/aromatic N) is 3. The molecular formula is C23H24F3N3O. The zero-order valence-corrected chi connectivity index (χ0v) is 17.0. The lowest BCUT2D eigenvalue weighted by Gasteiger charge is -2.35. The van der Waals surface area contributed by atoms with Gasteiger partial charge >= 0.3 is 6.18 Å². The number of piperazine rings is 1. The van der Waals surface area contributed by atoms with Crippen LogP contribution >= 0.6 is 0 Å². The minimum Gasteiger partial charge on any atom is -0.497 e. The molecule has 0 N–H and O–H groups in total. The molecule has 4 nitrogen and oxygen atoms in total. The minimum atomic E-state index is -4.35. The smallest absolute Gasteiger partial charge is 0.416 e. The Morgan fingerprint density at radius 3 is 2.27 bits per heavy atom. The van der Waals surface area contributed by atoms with E-state index in [1.807, 2.05) is 24.3 Å². The van der Waals surface area contributed by atoms with Gasteiger partial charge in [-0.05, 0) is 48.3 Å². The van der Waals surface area contributed by atoms with Gasteiger partial charge in [0, 0.05) is 37.1 Å². The van der Waals surface area contributed by atoms with Crippen molar-refractivity contribution >= 4 is 16.6 Å². The molecule has 0 unspecified atom stereocenters. The number of pyridine rings is 1. The molecule has 0 atom stereocenters. The Kier molecular flexibility index (Phi) is 5.56. The van der Waals surface area contributed by atoms with Crippen LogP contribution in [0.5, 0.6) is 5.75 Å². The van der Waals surface area contributed by atoms with Crippen LogP contribution in [-0.4, -0.2) is 49.7 Å².